The number of carbonyl (C=O) groups excluding carboxylic acids is 1. The molecule has 2 aromatic carbocycles. The molecule has 0 aliphatic carbocycles. The zero-order chi connectivity index (χ0) is 14.8. The number of nitrogens with one attached hydrogen (secondary N) is 1. The van der Waals surface area contributed by atoms with Gasteiger partial charge in [0.15, 0.2) is 0 Å². The van der Waals surface area contributed by atoms with Gasteiger partial charge in [-0.3, -0.25) is 4.79 Å². The Hall–Kier alpha value is -2.13. The molecule has 3 heteroatoms. The molecule has 0 radical (unpaired) electrons. The number of hydrogen-bond acceptors (Lipinski definition) is 2. The lowest BCUT2D eigenvalue weighted by Gasteiger charge is -2.24. The predicted molar refractivity (Wildman–Crippen MR) is 82.5 cm³/mol. The van der Waals surface area contributed by atoms with Gasteiger partial charge in [0.25, 0.3) is 0 Å². The lowest BCUT2D eigenvalue weighted by Crippen LogP contribution is -2.45. The average Bonchev–Trinajstić information content (AvgIpc) is 2.38. The zero-order valence-electron chi connectivity index (χ0n) is 12.1. The lowest BCUT2D eigenvalue weighted by molar-refractivity contribution is -0.120. The first-order valence-electron chi connectivity index (χ1n) is 6.64. The van der Waals surface area contributed by atoms with E-state index in [1.807, 2.05) is 56.3 Å². The first-order valence-corrected chi connectivity index (χ1v) is 6.64. The number of nitrogens with two attached hydrogens (primary N) is 1. The van der Waals surface area contributed by atoms with Crippen LogP contribution in [0.5, 0.6) is 0 Å². The van der Waals surface area contributed by atoms with Crippen LogP contribution in [0, 0.1) is 13.8 Å². The second kappa shape index (κ2) is 5.47. The highest BCUT2D eigenvalue weighted by molar-refractivity contribution is 5.98. The number of amides is 1. The molecule has 1 atom stereocenters. The molecular weight excluding hydrogens is 248 g/mol. The summed E-state index contributed by atoms with van der Waals surface area (Å²) >= 11 is 0. The van der Waals surface area contributed by atoms with E-state index in [4.69, 9.17) is 5.73 Å². The molecule has 0 heterocycles. The molecule has 0 spiro atoms. The minimum Gasteiger partial charge on any atom is -0.324 e. The maximum Gasteiger partial charge on any atom is 0.248 e. The molecular formula is C17H20N2O. The Bertz CT molecular complexity index is 598. The Morgan fingerprint density at radius 2 is 1.60 bits per heavy atom. The van der Waals surface area contributed by atoms with Gasteiger partial charge in [-0.15, -0.1) is 0 Å². The zero-order valence-corrected chi connectivity index (χ0v) is 12.1. The monoisotopic (exact) mass is 268 g/mol. The molecule has 0 saturated heterocycles. The highest BCUT2D eigenvalue weighted by Crippen LogP contribution is 2.21. The molecule has 3 N–H and O–H groups in total. The number of benzene rings is 2. The summed E-state index contributed by atoms with van der Waals surface area (Å²) in [5, 5.41) is 2.90. The van der Waals surface area contributed by atoms with Gasteiger partial charge in [-0.1, -0.05) is 36.4 Å². The molecule has 0 aliphatic rings. The lowest BCUT2D eigenvalue weighted by atomic mass is 9.92. The maximum atomic E-state index is 12.4. The summed E-state index contributed by atoms with van der Waals surface area (Å²) in [5.74, 6) is -0.214. The van der Waals surface area contributed by atoms with Gasteiger partial charge in [-0.2, -0.15) is 0 Å². The quantitative estimate of drug-likeness (QED) is 0.898. The first-order chi connectivity index (χ1) is 9.39. The fraction of sp³-hybridized carbons (Fsp3) is 0.235. The Balaban J connectivity index is 2.23. The van der Waals surface area contributed by atoms with E-state index >= 15 is 0 Å². The number of anilines is 1. The van der Waals surface area contributed by atoms with Crippen molar-refractivity contribution in [2.24, 2.45) is 5.73 Å². The maximum absolute atomic E-state index is 12.4. The summed E-state index contributed by atoms with van der Waals surface area (Å²) in [6.07, 6.45) is 0. The summed E-state index contributed by atoms with van der Waals surface area (Å²) in [4.78, 5) is 12.4. The summed E-state index contributed by atoms with van der Waals surface area (Å²) in [5.41, 5.74) is 8.93. The van der Waals surface area contributed by atoms with Crippen LogP contribution in [-0.4, -0.2) is 5.91 Å². The second-order valence-electron chi connectivity index (χ2n) is 5.40. The van der Waals surface area contributed by atoms with Gasteiger partial charge in [0.2, 0.25) is 5.91 Å². The molecule has 0 bridgehead atoms. The van der Waals surface area contributed by atoms with E-state index in [9.17, 15) is 4.79 Å². The van der Waals surface area contributed by atoms with Gasteiger partial charge in [-0.05, 0) is 49.6 Å². The largest absolute Gasteiger partial charge is 0.324 e. The van der Waals surface area contributed by atoms with Gasteiger partial charge < -0.3 is 11.1 Å². The van der Waals surface area contributed by atoms with Crippen LogP contribution in [0.25, 0.3) is 0 Å². The fourth-order valence-corrected chi connectivity index (χ4v) is 2.22. The van der Waals surface area contributed by atoms with Gasteiger partial charge in [0, 0.05) is 5.69 Å². The standard InChI is InChI=1S/C17H20N2O/c1-12-9-13(2)11-15(10-12)19-16(20)17(3,18)14-7-5-4-6-8-14/h4-11H,18H2,1-3H3,(H,19,20). The van der Waals surface area contributed by atoms with Crippen LogP contribution in [0.2, 0.25) is 0 Å². The summed E-state index contributed by atoms with van der Waals surface area (Å²) in [7, 11) is 0. The van der Waals surface area contributed by atoms with Crippen molar-refractivity contribution >= 4 is 11.6 Å². The van der Waals surface area contributed by atoms with Gasteiger partial charge in [0.1, 0.15) is 5.54 Å². The van der Waals surface area contributed by atoms with Crippen molar-refractivity contribution in [2.45, 2.75) is 26.3 Å². The Kier molecular flexibility index (Phi) is 3.91. The van der Waals surface area contributed by atoms with Crippen molar-refractivity contribution in [3.63, 3.8) is 0 Å². The Morgan fingerprint density at radius 1 is 1.05 bits per heavy atom. The topological polar surface area (TPSA) is 55.1 Å². The van der Waals surface area contributed by atoms with E-state index < -0.39 is 5.54 Å². The Labute approximate surface area is 119 Å². The third-order valence-corrected chi connectivity index (χ3v) is 3.32. The van der Waals surface area contributed by atoms with Crippen molar-refractivity contribution in [2.75, 3.05) is 5.32 Å². The van der Waals surface area contributed by atoms with Crippen LogP contribution in [0.1, 0.15) is 23.6 Å². The molecule has 0 aromatic heterocycles. The van der Waals surface area contributed by atoms with Crippen molar-refractivity contribution in [3.8, 4) is 0 Å². The third kappa shape index (κ3) is 3.06. The normalized spacial score (nSPS) is 13.6. The molecule has 1 amide bonds. The highest BCUT2D eigenvalue weighted by Gasteiger charge is 2.30. The summed E-state index contributed by atoms with van der Waals surface area (Å²) in [6, 6.07) is 15.3. The molecule has 0 aliphatic heterocycles. The smallest absolute Gasteiger partial charge is 0.248 e. The average molecular weight is 268 g/mol. The van der Waals surface area contributed by atoms with Crippen LogP contribution in [-0.2, 0) is 10.3 Å². The van der Waals surface area contributed by atoms with Crippen molar-refractivity contribution < 1.29 is 4.79 Å². The van der Waals surface area contributed by atoms with Gasteiger partial charge >= 0.3 is 0 Å². The molecule has 3 nitrogen and oxygen atoms in total. The molecule has 0 saturated carbocycles. The highest BCUT2D eigenvalue weighted by atomic mass is 16.2. The molecule has 0 fully saturated rings. The van der Waals surface area contributed by atoms with Crippen LogP contribution in [0.3, 0.4) is 0 Å². The minimum atomic E-state index is -1.06. The predicted octanol–water partition coefficient (Wildman–Crippen LogP) is 3.12. The SMILES string of the molecule is Cc1cc(C)cc(NC(=O)C(C)(N)c2ccccc2)c1. The second-order valence-corrected chi connectivity index (χ2v) is 5.40. The number of carbonyl (C=O) groups is 1. The number of rotatable bonds is 3. The third-order valence-electron chi connectivity index (χ3n) is 3.32. The number of aryl methyl sites for hydroxylation is 2. The molecule has 2 aromatic rings. The fourth-order valence-electron chi connectivity index (χ4n) is 2.22. The van der Waals surface area contributed by atoms with Crippen LogP contribution in [0.4, 0.5) is 5.69 Å². The minimum absolute atomic E-state index is 0.214. The van der Waals surface area contributed by atoms with E-state index in [2.05, 4.69) is 11.4 Å². The van der Waals surface area contributed by atoms with E-state index in [1.54, 1.807) is 6.92 Å². The van der Waals surface area contributed by atoms with Gasteiger partial charge in [-0.25, -0.2) is 0 Å². The van der Waals surface area contributed by atoms with E-state index in [0.29, 0.717) is 0 Å². The number of hydrogen-bond donors (Lipinski definition) is 2. The van der Waals surface area contributed by atoms with Crippen molar-refractivity contribution in [1.82, 2.24) is 0 Å². The van der Waals surface area contributed by atoms with Crippen LogP contribution >= 0.6 is 0 Å². The molecule has 1 unspecified atom stereocenters. The molecule has 104 valence electrons. The van der Waals surface area contributed by atoms with E-state index in [0.717, 1.165) is 22.4 Å². The molecule has 20 heavy (non-hydrogen) atoms. The van der Waals surface area contributed by atoms with Crippen LogP contribution in [0.15, 0.2) is 48.5 Å². The van der Waals surface area contributed by atoms with E-state index in [1.165, 1.54) is 0 Å². The molecule has 2 rings (SSSR count). The Morgan fingerprint density at radius 3 is 2.15 bits per heavy atom. The van der Waals surface area contributed by atoms with Gasteiger partial charge in [0.05, 0.1) is 0 Å². The van der Waals surface area contributed by atoms with Crippen LogP contribution < -0.4 is 11.1 Å². The van der Waals surface area contributed by atoms with E-state index in [-0.39, 0.29) is 5.91 Å². The first kappa shape index (κ1) is 14.3. The van der Waals surface area contributed by atoms with Crippen molar-refractivity contribution in [1.29, 1.82) is 0 Å². The van der Waals surface area contributed by atoms with Crippen molar-refractivity contribution in [3.05, 3.63) is 65.2 Å². The summed E-state index contributed by atoms with van der Waals surface area (Å²) < 4.78 is 0. The summed E-state index contributed by atoms with van der Waals surface area (Å²) in [6.45, 7) is 5.73.